The predicted octanol–water partition coefficient (Wildman–Crippen LogP) is 3.25. The Balaban J connectivity index is 2.03. The largest absolute Gasteiger partial charge is 0.496 e. The van der Waals surface area contributed by atoms with Crippen LogP contribution in [0.4, 0.5) is 5.69 Å². The summed E-state index contributed by atoms with van der Waals surface area (Å²) in [6, 6.07) is 12.7. The molecule has 0 aliphatic rings. The Hall–Kier alpha value is -2.86. The van der Waals surface area contributed by atoms with E-state index in [0.29, 0.717) is 30.2 Å². The molecule has 0 aromatic heterocycles. The molecule has 0 atom stereocenters. The van der Waals surface area contributed by atoms with Gasteiger partial charge in [-0.25, -0.2) is 0 Å². The molecular weight excluding hydrogens is 344 g/mol. The third kappa shape index (κ3) is 5.82. The molecule has 2 amide bonds. The highest BCUT2D eigenvalue weighted by molar-refractivity contribution is 5.99. The molecule has 0 bridgehead atoms. The van der Waals surface area contributed by atoms with Crippen LogP contribution >= 0.6 is 0 Å². The quantitative estimate of drug-likeness (QED) is 0.775. The van der Waals surface area contributed by atoms with Crippen molar-refractivity contribution in [1.29, 1.82) is 0 Å². The average Bonchev–Trinajstić information content (AvgIpc) is 2.67. The van der Waals surface area contributed by atoms with E-state index in [1.807, 2.05) is 38.1 Å². The predicted molar refractivity (Wildman–Crippen MR) is 105 cm³/mol. The molecule has 6 nitrogen and oxygen atoms in total. The summed E-state index contributed by atoms with van der Waals surface area (Å²) in [5.41, 5.74) is 3.09. The van der Waals surface area contributed by atoms with Gasteiger partial charge >= 0.3 is 0 Å². The van der Waals surface area contributed by atoms with E-state index in [1.165, 1.54) is 4.90 Å². The number of carbonyl (C=O) groups excluding carboxylic acids is 2. The highest BCUT2D eigenvalue weighted by Crippen LogP contribution is 2.21. The molecule has 27 heavy (non-hydrogen) atoms. The number of carbonyl (C=O) groups is 2. The van der Waals surface area contributed by atoms with Crippen LogP contribution in [0.25, 0.3) is 0 Å². The third-order valence-corrected chi connectivity index (χ3v) is 4.05. The van der Waals surface area contributed by atoms with Gasteiger partial charge in [0.05, 0.1) is 20.3 Å². The van der Waals surface area contributed by atoms with Crippen molar-refractivity contribution in [2.45, 2.75) is 20.5 Å². The molecule has 0 heterocycles. The Morgan fingerprint density at radius 2 is 1.81 bits per heavy atom. The molecule has 144 valence electrons. The summed E-state index contributed by atoms with van der Waals surface area (Å²) in [4.78, 5) is 26.3. The van der Waals surface area contributed by atoms with E-state index in [0.717, 1.165) is 11.1 Å². The number of amides is 2. The van der Waals surface area contributed by atoms with E-state index in [-0.39, 0.29) is 18.4 Å². The average molecular weight is 370 g/mol. The van der Waals surface area contributed by atoms with E-state index in [1.54, 1.807) is 32.4 Å². The van der Waals surface area contributed by atoms with Crippen molar-refractivity contribution in [2.75, 3.05) is 32.6 Å². The minimum absolute atomic E-state index is 0.0421. The van der Waals surface area contributed by atoms with Gasteiger partial charge in [0, 0.05) is 30.5 Å². The lowest BCUT2D eigenvalue weighted by atomic mass is 10.1. The molecule has 1 N–H and O–H groups in total. The smallest absolute Gasteiger partial charge is 0.254 e. The van der Waals surface area contributed by atoms with Crippen molar-refractivity contribution in [3.05, 3.63) is 59.2 Å². The lowest BCUT2D eigenvalue weighted by Crippen LogP contribution is -2.35. The maximum absolute atomic E-state index is 12.7. The summed E-state index contributed by atoms with van der Waals surface area (Å²) in [5.74, 6) is 0.173. The topological polar surface area (TPSA) is 67.9 Å². The summed E-state index contributed by atoms with van der Waals surface area (Å²) in [5, 5.41) is 2.79. The molecule has 0 spiro atoms. The number of nitrogens with zero attached hydrogens (tertiary/aromatic N) is 1. The standard InChI is InChI=1S/C21H26N2O4/c1-5-27-14-17-12-16(8-11-19(17)26-4)21(25)23(3)13-20(24)22-18-9-6-15(2)7-10-18/h6-12H,5,13-14H2,1-4H3,(H,22,24). The van der Waals surface area contributed by atoms with Crippen molar-refractivity contribution < 1.29 is 19.1 Å². The maximum Gasteiger partial charge on any atom is 0.254 e. The van der Waals surface area contributed by atoms with Gasteiger partial charge in [-0.1, -0.05) is 17.7 Å². The Kier molecular flexibility index (Phi) is 7.37. The fourth-order valence-corrected chi connectivity index (χ4v) is 2.58. The third-order valence-electron chi connectivity index (χ3n) is 4.05. The Labute approximate surface area is 160 Å². The minimum Gasteiger partial charge on any atom is -0.496 e. The fraction of sp³-hybridized carbons (Fsp3) is 0.333. The number of aryl methyl sites for hydroxylation is 1. The normalized spacial score (nSPS) is 10.4. The summed E-state index contributed by atoms with van der Waals surface area (Å²) in [6.07, 6.45) is 0. The van der Waals surface area contributed by atoms with Crippen LogP contribution in [0.2, 0.25) is 0 Å². The van der Waals surface area contributed by atoms with Gasteiger partial charge in [-0.15, -0.1) is 0 Å². The van der Waals surface area contributed by atoms with E-state index >= 15 is 0 Å². The number of benzene rings is 2. The Morgan fingerprint density at radius 1 is 1.11 bits per heavy atom. The molecule has 6 heteroatoms. The number of anilines is 1. The van der Waals surface area contributed by atoms with E-state index < -0.39 is 0 Å². The Morgan fingerprint density at radius 3 is 2.44 bits per heavy atom. The van der Waals surface area contributed by atoms with Crippen molar-refractivity contribution in [3.8, 4) is 5.75 Å². The zero-order chi connectivity index (χ0) is 19.8. The SMILES string of the molecule is CCOCc1cc(C(=O)N(C)CC(=O)Nc2ccc(C)cc2)ccc1OC. The van der Waals surface area contributed by atoms with Gasteiger partial charge in [0.15, 0.2) is 0 Å². The monoisotopic (exact) mass is 370 g/mol. The van der Waals surface area contributed by atoms with Crippen LogP contribution in [0.3, 0.4) is 0 Å². The molecule has 0 saturated heterocycles. The summed E-state index contributed by atoms with van der Waals surface area (Å²) in [7, 11) is 3.18. The molecule has 0 radical (unpaired) electrons. The van der Waals surface area contributed by atoms with Gasteiger partial charge in [0.25, 0.3) is 5.91 Å². The second-order valence-corrected chi connectivity index (χ2v) is 6.24. The number of ether oxygens (including phenoxy) is 2. The van der Waals surface area contributed by atoms with Crippen LogP contribution in [0, 0.1) is 6.92 Å². The second kappa shape index (κ2) is 9.73. The molecule has 0 aliphatic heterocycles. The zero-order valence-corrected chi connectivity index (χ0v) is 16.2. The lowest BCUT2D eigenvalue weighted by molar-refractivity contribution is -0.116. The first-order valence-corrected chi connectivity index (χ1v) is 8.81. The van der Waals surface area contributed by atoms with Crippen LogP contribution in [-0.2, 0) is 16.1 Å². The molecule has 2 rings (SSSR count). The molecule has 0 unspecified atom stereocenters. The summed E-state index contributed by atoms with van der Waals surface area (Å²) in [6.45, 7) is 4.77. The number of methoxy groups -OCH3 is 1. The van der Waals surface area contributed by atoms with Crippen molar-refractivity contribution in [2.24, 2.45) is 0 Å². The van der Waals surface area contributed by atoms with Crippen molar-refractivity contribution in [3.63, 3.8) is 0 Å². The van der Waals surface area contributed by atoms with Gasteiger partial charge in [-0.3, -0.25) is 9.59 Å². The molecule has 0 fully saturated rings. The first-order chi connectivity index (χ1) is 12.9. The highest BCUT2D eigenvalue weighted by atomic mass is 16.5. The van der Waals surface area contributed by atoms with E-state index in [2.05, 4.69) is 5.32 Å². The van der Waals surface area contributed by atoms with Gasteiger partial charge < -0.3 is 19.7 Å². The van der Waals surface area contributed by atoms with E-state index in [9.17, 15) is 9.59 Å². The van der Waals surface area contributed by atoms with Gasteiger partial charge in [0.2, 0.25) is 5.91 Å². The minimum atomic E-state index is -0.252. The van der Waals surface area contributed by atoms with Crippen LogP contribution in [0.15, 0.2) is 42.5 Å². The highest BCUT2D eigenvalue weighted by Gasteiger charge is 2.17. The summed E-state index contributed by atoms with van der Waals surface area (Å²) >= 11 is 0. The van der Waals surface area contributed by atoms with Gasteiger partial charge in [0.1, 0.15) is 5.75 Å². The van der Waals surface area contributed by atoms with Gasteiger partial charge in [-0.05, 0) is 44.2 Å². The van der Waals surface area contributed by atoms with Gasteiger partial charge in [-0.2, -0.15) is 0 Å². The van der Waals surface area contributed by atoms with Crippen LogP contribution in [-0.4, -0.2) is 44.0 Å². The first-order valence-electron chi connectivity index (χ1n) is 8.81. The van der Waals surface area contributed by atoms with E-state index in [4.69, 9.17) is 9.47 Å². The van der Waals surface area contributed by atoms with Crippen molar-refractivity contribution >= 4 is 17.5 Å². The first kappa shape index (κ1) is 20.5. The molecule has 2 aromatic carbocycles. The number of hydrogen-bond acceptors (Lipinski definition) is 4. The fourth-order valence-electron chi connectivity index (χ4n) is 2.58. The number of likely N-dealkylation sites (N-methyl/N-ethyl adjacent to an activating group) is 1. The summed E-state index contributed by atoms with van der Waals surface area (Å²) < 4.78 is 10.7. The van der Waals surface area contributed by atoms with Crippen molar-refractivity contribution in [1.82, 2.24) is 4.90 Å². The number of hydrogen-bond donors (Lipinski definition) is 1. The molecular formula is C21H26N2O4. The zero-order valence-electron chi connectivity index (χ0n) is 16.2. The number of nitrogens with one attached hydrogen (secondary N) is 1. The molecule has 2 aromatic rings. The van der Waals surface area contributed by atoms with Crippen LogP contribution in [0.1, 0.15) is 28.4 Å². The van der Waals surface area contributed by atoms with Crippen LogP contribution in [0.5, 0.6) is 5.75 Å². The maximum atomic E-state index is 12.7. The van der Waals surface area contributed by atoms with Crippen LogP contribution < -0.4 is 10.1 Å². The molecule has 0 aliphatic carbocycles. The molecule has 0 saturated carbocycles. The number of rotatable bonds is 8. The lowest BCUT2D eigenvalue weighted by Gasteiger charge is -2.18. The second-order valence-electron chi connectivity index (χ2n) is 6.24. The Bertz CT molecular complexity index is 787.